The first-order valence-corrected chi connectivity index (χ1v) is 4.92. The third kappa shape index (κ3) is 2.94. The van der Waals surface area contributed by atoms with Gasteiger partial charge in [0.1, 0.15) is 5.54 Å². The highest BCUT2D eigenvalue weighted by Gasteiger charge is 2.30. The number of hydrogen-bond acceptors (Lipinski definition) is 3. The van der Waals surface area contributed by atoms with E-state index in [9.17, 15) is 4.79 Å². The first kappa shape index (κ1) is 12.0. The molecule has 0 amide bonds. The largest absolute Gasteiger partial charge is 0.480 e. The molecule has 0 aliphatic rings. The number of halogens is 1. The molecule has 0 aliphatic heterocycles. The Morgan fingerprint density at radius 2 is 2.47 bits per heavy atom. The molecule has 0 spiro atoms. The van der Waals surface area contributed by atoms with E-state index in [1.807, 2.05) is 6.92 Å². The van der Waals surface area contributed by atoms with E-state index in [4.69, 9.17) is 22.4 Å². The smallest absolute Gasteiger partial charge is 0.323 e. The maximum Gasteiger partial charge on any atom is 0.323 e. The molecule has 1 heterocycles. The topological polar surface area (TPSA) is 81.1 Å². The van der Waals surface area contributed by atoms with Gasteiger partial charge in [0.2, 0.25) is 0 Å². The van der Waals surface area contributed by atoms with Gasteiger partial charge in [0, 0.05) is 6.20 Å². The number of aliphatic carboxylic acids is 1. The van der Waals surface area contributed by atoms with Crippen LogP contribution >= 0.6 is 11.6 Å². The Balaban J connectivity index is 2.71. The van der Waals surface area contributed by atoms with Crippen molar-refractivity contribution in [3.63, 3.8) is 0 Å². The summed E-state index contributed by atoms with van der Waals surface area (Å²) in [5.74, 6) is -1.02. The van der Waals surface area contributed by atoms with Crippen molar-refractivity contribution >= 4 is 17.6 Å². The van der Waals surface area contributed by atoms with Crippen LogP contribution in [-0.2, 0) is 4.79 Å². The van der Waals surface area contributed by atoms with Crippen LogP contribution in [0.4, 0.5) is 0 Å². The maximum absolute atomic E-state index is 10.8. The predicted molar refractivity (Wildman–Crippen MR) is 56.8 cm³/mol. The van der Waals surface area contributed by atoms with Gasteiger partial charge < -0.3 is 10.8 Å². The Morgan fingerprint density at radius 3 is 2.87 bits per heavy atom. The van der Waals surface area contributed by atoms with Gasteiger partial charge in [-0.2, -0.15) is 5.10 Å². The number of hydrogen-bond donors (Lipinski definition) is 2. The molecule has 0 aromatic carbocycles. The molecule has 3 N–H and O–H groups in total. The monoisotopic (exact) mass is 231 g/mol. The third-order valence-electron chi connectivity index (χ3n) is 2.23. The van der Waals surface area contributed by atoms with E-state index in [-0.39, 0.29) is 6.04 Å². The van der Waals surface area contributed by atoms with Crippen LogP contribution in [0.15, 0.2) is 12.4 Å². The first-order valence-electron chi connectivity index (χ1n) is 4.55. The molecule has 0 fully saturated rings. The van der Waals surface area contributed by atoms with E-state index in [0.717, 1.165) is 0 Å². The lowest BCUT2D eigenvalue weighted by Crippen LogP contribution is -2.46. The Hall–Kier alpha value is -1.07. The lowest BCUT2D eigenvalue weighted by atomic mass is 9.95. The highest BCUT2D eigenvalue weighted by molar-refractivity contribution is 6.30. The van der Waals surface area contributed by atoms with Crippen molar-refractivity contribution in [1.82, 2.24) is 9.78 Å². The second-order valence-electron chi connectivity index (χ2n) is 3.91. The number of carboxylic acids is 1. The minimum atomic E-state index is -1.25. The van der Waals surface area contributed by atoms with Crippen molar-refractivity contribution in [2.24, 2.45) is 5.73 Å². The predicted octanol–water partition coefficient (Wildman–Crippen LogP) is 1.29. The maximum atomic E-state index is 10.8. The second-order valence-corrected chi connectivity index (χ2v) is 4.35. The van der Waals surface area contributed by atoms with Crippen molar-refractivity contribution < 1.29 is 9.90 Å². The average Bonchev–Trinajstić information content (AvgIpc) is 2.50. The fourth-order valence-electron chi connectivity index (χ4n) is 1.35. The molecule has 0 bridgehead atoms. The fraction of sp³-hybridized carbons (Fsp3) is 0.556. The quantitative estimate of drug-likeness (QED) is 0.818. The fourth-order valence-corrected chi connectivity index (χ4v) is 1.49. The van der Waals surface area contributed by atoms with Crippen molar-refractivity contribution in [2.75, 3.05) is 0 Å². The van der Waals surface area contributed by atoms with Crippen LogP contribution in [0.25, 0.3) is 0 Å². The molecule has 5 nitrogen and oxygen atoms in total. The van der Waals surface area contributed by atoms with Crippen molar-refractivity contribution in [3.05, 3.63) is 17.4 Å². The molecule has 1 aromatic heterocycles. The summed E-state index contributed by atoms with van der Waals surface area (Å²) in [6, 6.07) is -0.108. The number of nitrogens with two attached hydrogens (primary N) is 1. The van der Waals surface area contributed by atoms with E-state index in [1.165, 1.54) is 13.1 Å². The van der Waals surface area contributed by atoms with Crippen molar-refractivity contribution in [2.45, 2.75) is 31.8 Å². The van der Waals surface area contributed by atoms with Crippen LogP contribution in [0.5, 0.6) is 0 Å². The average molecular weight is 232 g/mol. The summed E-state index contributed by atoms with van der Waals surface area (Å²) >= 11 is 5.71. The zero-order valence-electron chi connectivity index (χ0n) is 8.64. The summed E-state index contributed by atoms with van der Waals surface area (Å²) in [7, 11) is 0. The third-order valence-corrected chi connectivity index (χ3v) is 2.42. The van der Waals surface area contributed by atoms with Crippen molar-refractivity contribution in [3.8, 4) is 0 Å². The van der Waals surface area contributed by atoms with E-state index in [0.29, 0.717) is 11.4 Å². The lowest BCUT2D eigenvalue weighted by Gasteiger charge is -2.23. The summed E-state index contributed by atoms with van der Waals surface area (Å²) in [4.78, 5) is 10.8. The standard InChI is InChI=1S/C9H14ClN3O2/c1-6(3-9(2,11)8(14)15)13-5-7(10)4-12-13/h4-6H,3,11H2,1-2H3,(H,14,15). The number of rotatable bonds is 4. The Bertz CT molecular complexity index is 362. The van der Waals surface area contributed by atoms with Crippen LogP contribution < -0.4 is 5.73 Å². The van der Waals surface area contributed by atoms with Gasteiger partial charge in [-0.25, -0.2) is 0 Å². The van der Waals surface area contributed by atoms with E-state index in [1.54, 1.807) is 10.9 Å². The number of aromatic nitrogens is 2. The van der Waals surface area contributed by atoms with Crippen LogP contribution in [0.2, 0.25) is 5.02 Å². The molecule has 0 saturated heterocycles. The van der Waals surface area contributed by atoms with Gasteiger partial charge >= 0.3 is 5.97 Å². The molecule has 2 unspecified atom stereocenters. The molecule has 2 atom stereocenters. The zero-order valence-corrected chi connectivity index (χ0v) is 9.40. The highest BCUT2D eigenvalue weighted by atomic mass is 35.5. The molecular formula is C9H14ClN3O2. The van der Waals surface area contributed by atoms with Gasteiger partial charge in [-0.15, -0.1) is 0 Å². The normalized spacial score (nSPS) is 17.1. The Labute approximate surface area is 92.8 Å². The molecule has 6 heteroatoms. The van der Waals surface area contributed by atoms with Gasteiger partial charge in [-0.05, 0) is 20.3 Å². The molecule has 0 radical (unpaired) electrons. The van der Waals surface area contributed by atoms with Gasteiger partial charge in [-0.3, -0.25) is 9.48 Å². The summed E-state index contributed by atoms with van der Waals surface area (Å²) < 4.78 is 1.61. The molecule has 84 valence electrons. The second kappa shape index (κ2) is 4.20. The zero-order chi connectivity index (χ0) is 11.6. The summed E-state index contributed by atoms with van der Waals surface area (Å²) in [5, 5.41) is 13.4. The molecule has 1 aromatic rings. The first-order chi connectivity index (χ1) is 6.83. The van der Waals surface area contributed by atoms with Crippen LogP contribution in [0, 0.1) is 0 Å². The lowest BCUT2D eigenvalue weighted by molar-refractivity contribution is -0.143. The van der Waals surface area contributed by atoms with Crippen LogP contribution in [0.3, 0.4) is 0 Å². The highest BCUT2D eigenvalue weighted by Crippen LogP contribution is 2.20. The summed E-state index contributed by atoms with van der Waals surface area (Å²) in [6.07, 6.45) is 3.44. The number of carboxylic acid groups (broad SMARTS) is 1. The Morgan fingerprint density at radius 1 is 1.87 bits per heavy atom. The number of nitrogens with zero attached hydrogens (tertiary/aromatic N) is 2. The molecule has 1 rings (SSSR count). The van der Waals surface area contributed by atoms with E-state index < -0.39 is 11.5 Å². The Kier molecular flexibility index (Phi) is 3.36. The van der Waals surface area contributed by atoms with Crippen LogP contribution in [-0.4, -0.2) is 26.4 Å². The molecule has 15 heavy (non-hydrogen) atoms. The van der Waals surface area contributed by atoms with Gasteiger partial charge in [0.15, 0.2) is 0 Å². The molecular weight excluding hydrogens is 218 g/mol. The summed E-state index contributed by atoms with van der Waals surface area (Å²) in [5.41, 5.74) is 4.38. The van der Waals surface area contributed by atoms with Gasteiger partial charge in [0.05, 0.1) is 17.3 Å². The van der Waals surface area contributed by atoms with Gasteiger partial charge in [0.25, 0.3) is 0 Å². The minimum absolute atomic E-state index is 0.108. The number of carbonyl (C=O) groups is 1. The summed E-state index contributed by atoms with van der Waals surface area (Å²) in [6.45, 7) is 3.33. The van der Waals surface area contributed by atoms with Gasteiger partial charge in [-0.1, -0.05) is 11.6 Å². The SMILES string of the molecule is CC(CC(C)(N)C(=O)O)n1cc(Cl)cn1. The van der Waals surface area contributed by atoms with Crippen molar-refractivity contribution in [1.29, 1.82) is 0 Å². The van der Waals surface area contributed by atoms with Crippen LogP contribution in [0.1, 0.15) is 26.3 Å². The minimum Gasteiger partial charge on any atom is -0.480 e. The molecule has 0 saturated carbocycles. The molecule has 0 aliphatic carbocycles. The van der Waals surface area contributed by atoms with E-state index >= 15 is 0 Å². The van der Waals surface area contributed by atoms with E-state index in [2.05, 4.69) is 5.10 Å².